The molecule has 0 aromatic rings. The second-order valence-corrected chi connectivity index (χ2v) is 2.00. The molecule has 0 saturated heterocycles. The Morgan fingerprint density at radius 2 is 2.00 bits per heavy atom. The van der Waals surface area contributed by atoms with Crippen LogP contribution in [0.5, 0.6) is 0 Å². The monoisotopic (exact) mass is 120 g/mol. The van der Waals surface area contributed by atoms with Crippen LogP contribution >= 0.6 is 0 Å². The molecule has 0 saturated carbocycles. The van der Waals surface area contributed by atoms with Crippen molar-refractivity contribution in [2.24, 2.45) is 11.5 Å². The van der Waals surface area contributed by atoms with E-state index in [1.165, 1.54) is 0 Å². The third-order valence-electron chi connectivity index (χ3n) is 1.12. The second kappa shape index (κ2) is 3.80. The van der Waals surface area contributed by atoms with Crippen LogP contribution in [-0.4, -0.2) is 18.8 Å². The van der Waals surface area contributed by atoms with Crippen molar-refractivity contribution < 1.29 is 4.39 Å². The fourth-order valence-corrected chi connectivity index (χ4v) is 0.389. The van der Waals surface area contributed by atoms with E-state index >= 15 is 0 Å². The van der Waals surface area contributed by atoms with Gasteiger partial charge in [0.25, 0.3) is 0 Å². The Morgan fingerprint density at radius 3 is 2.12 bits per heavy atom. The van der Waals surface area contributed by atoms with E-state index in [0.29, 0.717) is 6.42 Å². The molecule has 3 heteroatoms. The van der Waals surface area contributed by atoms with E-state index in [4.69, 9.17) is 11.5 Å². The quantitative estimate of drug-likeness (QED) is 0.551. The molecule has 0 unspecified atom stereocenters. The molecule has 0 heterocycles. The van der Waals surface area contributed by atoms with E-state index < -0.39 is 0 Å². The molecule has 8 heavy (non-hydrogen) atoms. The highest BCUT2D eigenvalue weighted by Crippen LogP contribution is 1.91. The molecule has 0 bridgehead atoms. The molecule has 0 aliphatic heterocycles. The molecule has 0 spiro atoms. The lowest BCUT2D eigenvalue weighted by molar-refractivity contribution is 0.412. The van der Waals surface area contributed by atoms with Crippen LogP contribution in [0.15, 0.2) is 0 Å². The molecule has 0 aliphatic carbocycles. The average molecular weight is 120 g/mol. The van der Waals surface area contributed by atoms with Gasteiger partial charge in [-0.2, -0.15) is 0 Å². The molecule has 0 rings (SSSR count). The molecule has 0 aliphatic rings. The molecular weight excluding hydrogens is 107 g/mol. The van der Waals surface area contributed by atoms with Gasteiger partial charge < -0.3 is 11.5 Å². The SMILES string of the molecule is C[C@@H](N)[C@H](N)CCF. The Labute approximate surface area is 49.0 Å². The van der Waals surface area contributed by atoms with Crippen molar-refractivity contribution in [3.8, 4) is 0 Å². The van der Waals surface area contributed by atoms with Crippen LogP contribution in [0.2, 0.25) is 0 Å². The fraction of sp³-hybridized carbons (Fsp3) is 1.00. The number of rotatable bonds is 3. The maximum Gasteiger partial charge on any atom is 0.0909 e. The highest BCUT2D eigenvalue weighted by molar-refractivity contribution is 4.69. The van der Waals surface area contributed by atoms with Gasteiger partial charge in [0.2, 0.25) is 0 Å². The van der Waals surface area contributed by atoms with Gasteiger partial charge in [-0.15, -0.1) is 0 Å². The number of halogens is 1. The number of alkyl halides is 1. The average Bonchev–Trinajstić information content (AvgIpc) is 1.67. The van der Waals surface area contributed by atoms with Gasteiger partial charge >= 0.3 is 0 Å². The highest BCUT2D eigenvalue weighted by atomic mass is 19.1. The van der Waals surface area contributed by atoms with Crippen LogP contribution < -0.4 is 11.5 Å². The third kappa shape index (κ3) is 2.93. The lowest BCUT2D eigenvalue weighted by Crippen LogP contribution is -2.39. The maximum absolute atomic E-state index is 11.5. The number of nitrogens with two attached hydrogens (primary N) is 2. The Morgan fingerprint density at radius 1 is 1.50 bits per heavy atom. The van der Waals surface area contributed by atoms with Crippen molar-refractivity contribution in [3.63, 3.8) is 0 Å². The first-order valence-electron chi connectivity index (χ1n) is 2.75. The van der Waals surface area contributed by atoms with Crippen molar-refractivity contribution in [1.82, 2.24) is 0 Å². The van der Waals surface area contributed by atoms with Gasteiger partial charge in [-0.3, -0.25) is 4.39 Å². The Kier molecular flexibility index (Phi) is 3.73. The summed E-state index contributed by atoms with van der Waals surface area (Å²) < 4.78 is 11.5. The van der Waals surface area contributed by atoms with Gasteiger partial charge in [-0.1, -0.05) is 0 Å². The zero-order valence-electron chi connectivity index (χ0n) is 5.10. The highest BCUT2D eigenvalue weighted by Gasteiger charge is 2.05. The van der Waals surface area contributed by atoms with Gasteiger partial charge in [-0.05, 0) is 13.3 Å². The second-order valence-electron chi connectivity index (χ2n) is 2.00. The fourth-order valence-electron chi connectivity index (χ4n) is 0.389. The molecule has 0 radical (unpaired) electrons. The molecule has 2 nitrogen and oxygen atoms in total. The summed E-state index contributed by atoms with van der Waals surface area (Å²) >= 11 is 0. The summed E-state index contributed by atoms with van der Waals surface area (Å²) in [4.78, 5) is 0. The first kappa shape index (κ1) is 7.85. The smallest absolute Gasteiger partial charge is 0.0909 e. The molecule has 50 valence electrons. The summed E-state index contributed by atoms with van der Waals surface area (Å²) in [5.74, 6) is 0. The third-order valence-corrected chi connectivity index (χ3v) is 1.12. The zero-order chi connectivity index (χ0) is 6.57. The molecule has 0 fully saturated rings. The van der Waals surface area contributed by atoms with Gasteiger partial charge in [0.1, 0.15) is 0 Å². The predicted molar refractivity (Wildman–Crippen MR) is 32.2 cm³/mol. The molecule has 2 atom stereocenters. The number of hydrogen-bond acceptors (Lipinski definition) is 2. The number of hydrogen-bond donors (Lipinski definition) is 2. The Bertz CT molecular complexity index is 56.4. The summed E-state index contributed by atoms with van der Waals surface area (Å²) in [6, 6.07) is -0.272. The van der Waals surface area contributed by atoms with E-state index in [9.17, 15) is 4.39 Å². The minimum absolute atomic E-state index is 0.0919. The first-order valence-corrected chi connectivity index (χ1v) is 2.75. The first-order chi connectivity index (χ1) is 3.68. The molecule has 0 amide bonds. The molecule has 0 aromatic carbocycles. The van der Waals surface area contributed by atoms with Crippen molar-refractivity contribution in [2.45, 2.75) is 25.4 Å². The van der Waals surface area contributed by atoms with Gasteiger partial charge in [0, 0.05) is 12.1 Å². The maximum atomic E-state index is 11.5. The van der Waals surface area contributed by atoms with Gasteiger partial charge in [-0.25, -0.2) is 0 Å². The lowest BCUT2D eigenvalue weighted by Gasteiger charge is -2.12. The van der Waals surface area contributed by atoms with Crippen LogP contribution in [0.1, 0.15) is 13.3 Å². The minimum Gasteiger partial charge on any atom is -0.327 e. The van der Waals surface area contributed by atoms with E-state index in [2.05, 4.69) is 0 Å². The largest absolute Gasteiger partial charge is 0.327 e. The Hall–Kier alpha value is -0.150. The van der Waals surface area contributed by atoms with Crippen molar-refractivity contribution in [2.75, 3.05) is 6.67 Å². The zero-order valence-corrected chi connectivity index (χ0v) is 5.10. The molecule has 0 aromatic heterocycles. The van der Waals surface area contributed by atoms with E-state index in [1.807, 2.05) is 0 Å². The van der Waals surface area contributed by atoms with E-state index in [1.54, 1.807) is 6.92 Å². The minimum atomic E-state index is -0.372. The van der Waals surface area contributed by atoms with Crippen LogP contribution in [0.4, 0.5) is 4.39 Å². The van der Waals surface area contributed by atoms with Crippen LogP contribution in [-0.2, 0) is 0 Å². The summed E-state index contributed by atoms with van der Waals surface area (Å²) in [6.07, 6.45) is 0.373. The Balaban J connectivity index is 3.17. The summed E-state index contributed by atoms with van der Waals surface area (Å²) in [5, 5.41) is 0. The predicted octanol–water partition coefficient (Wildman–Crippen LogP) is 0.0205. The summed E-state index contributed by atoms with van der Waals surface area (Å²) in [7, 11) is 0. The summed E-state index contributed by atoms with van der Waals surface area (Å²) in [5.41, 5.74) is 10.7. The van der Waals surface area contributed by atoms with E-state index in [0.717, 1.165) is 0 Å². The van der Waals surface area contributed by atoms with Gasteiger partial charge in [0.15, 0.2) is 0 Å². The summed E-state index contributed by atoms with van der Waals surface area (Å²) in [6.45, 7) is 1.41. The molecular formula is C5H13FN2. The van der Waals surface area contributed by atoms with Crippen molar-refractivity contribution in [3.05, 3.63) is 0 Å². The standard InChI is InChI=1S/C5H13FN2/c1-4(7)5(8)2-3-6/h4-5H,2-3,7-8H2,1H3/t4-,5-/m1/s1. The van der Waals surface area contributed by atoms with Crippen LogP contribution in [0.3, 0.4) is 0 Å². The van der Waals surface area contributed by atoms with E-state index in [-0.39, 0.29) is 18.8 Å². The van der Waals surface area contributed by atoms with Gasteiger partial charge in [0.05, 0.1) is 6.67 Å². The van der Waals surface area contributed by atoms with Crippen molar-refractivity contribution >= 4 is 0 Å². The van der Waals surface area contributed by atoms with Crippen LogP contribution in [0, 0.1) is 0 Å². The normalized spacial score (nSPS) is 18.0. The molecule has 4 N–H and O–H groups in total. The van der Waals surface area contributed by atoms with Crippen molar-refractivity contribution in [1.29, 1.82) is 0 Å². The van der Waals surface area contributed by atoms with Crippen LogP contribution in [0.25, 0.3) is 0 Å². The topological polar surface area (TPSA) is 52.0 Å². The lowest BCUT2D eigenvalue weighted by atomic mass is 10.1.